The predicted octanol–water partition coefficient (Wildman–Crippen LogP) is 3.15. The number of aliphatic carboxylic acids is 1. The summed E-state index contributed by atoms with van der Waals surface area (Å²) in [6, 6.07) is 4.41. The molecule has 0 aliphatic rings. The highest BCUT2D eigenvalue weighted by atomic mass is 35.5. The summed E-state index contributed by atoms with van der Waals surface area (Å²) in [6.45, 7) is 1.93. The third-order valence-electron chi connectivity index (χ3n) is 2.62. The second-order valence-electron chi connectivity index (χ2n) is 4.00. The van der Waals surface area contributed by atoms with Crippen LogP contribution in [0.2, 0.25) is 5.02 Å². The van der Waals surface area contributed by atoms with E-state index in [0.717, 1.165) is 6.42 Å². The van der Waals surface area contributed by atoms with Crippen molar-refractivity contribution in [2.24, 2.45) is 0 Å². The van der Waals surface area contributed by atoms with Crippen molar-refractivity contribution in [3.05, 3.63) is 23.2 Å². The molecule has 18 heavy (non-hydrogen) atoms. The quantitative estimate of drug-likeness (QED) is 0.871. The number of nitrogens with zero attached hydrogens (tertiary/aromatic N) is 1. The van der Waals surface area contributed by atoms with Gasteiger partial charge < -0.3 is 14.9 Å². The number of anilines is 1. The van der Waals surface area contributed by atoms with Gasteiger partial charge in [0.15, 0.2) is 11.4 Å². The van der Waals surface area contributed by atoms with Crippen LogP contribution >= 0.6 is 11.6 Å². The molecule has 1 atom stereocenters. The zero-order valence-corrected chi connectivity index (χ0v) is 10.6. The molecule has 1 unspecified atom stereocenters. The lowest BCUT2D eigenvalue weighted by Gasteiger charge is -2.12. The Kier molecular flexibility index (Phi) is 3.72. The number of hydrogen-bond acceptors (Lipinski definition) is 4. The highest BCUT2D eigenvalue weighted by molar-refractivity contribution is 6.31. The fourth-order valence-electron chi connectivity index (χ4n) is 1.73. The number of rotatable bonds is 5. The lowest BCUT2D eigenvalue weighted by molar-refractivity contribution is -0.138. The van der Waals surface area contributed by atoms with Gasteiger partial charge in [-0.2, -0.15) is 0 Å². The molecule has 0 bridgehead atoms. The standard InChI is InChI=1S/C12H13ClN2O3/c1-2-3-9(12(16)17)14-11-8-6-7(13)4-5-10(8)18-15-11/h4-6,9H,2-3H2,1H3,(H,14,15)(H,16,17). The van der Waals surface area contributed by atoms with Crippen LogP contribution in [0.1, 0.15) is 19.8 Å². The Morgan fingerprint density at radius 1 is 1.61 bits per heavy atom. The Morgan fingerprint density at radius 2 is 2.39 bits per heavy atom. The van der Waals surface area contributed by atoms with Gasteiger partial charge in [-0.25, -0.2) is 4.79 Å². The molecule has 0 saturated carbocycles. The molecule has 0 fully saturated rings. The molecule has 1 aromatic carbocycles. The van der Waals surface area contributed by atoms with E-state index in [0.29, 0.717) is 28.2 Å². The molecule has 2 N–H and O–H groups in total. The summed E-state index contributed by atoms with van der Waals surface area (Å²) < 4.78 is 5.10. The van der Waals surface area contributed by atoms with Crippen molar-refractivity contribution in [3.63, 3.8) is 0 Å². The summed E-state index contributed by atoms with van der Waals surface area (Å²) in [5.74, 6) is -0.497. The SMILES string of the molecule is CCCC(Nc1noc2ccc(Cl)cc12)C(=O)O. The molecule has 0 amide bonds. The number of halogens is 1. The van der Waals surface area contributed by atoms with Gasteiger partial charge >= 0.3 is 5.97 Å². The Balaban J connectivity index is 2.30. The smallest absolute Gasteiger partial charge is 0.326 e. The number of benzene rings is 1. The van der Waals surface area contributed by atoms with Crippen LogP contribution in [0.15, 0.2) is 22.7 Å². The van der Waals surface area contributed by atoms with Crippen molar-refractivity contribution >= 4 is 34.4 Å². The van der Waals surface area contributed by atoms with E-state index in [4.69, 9.17) is 21.2 Å². The van der Waals surface area contributed by atoms with Gasteiger partial charge in [-0.3, -0.25) is 0 Å². The molecule has 0 saturated heterocycles. The molecule has 6 heteroatoms. The van der Waals surface area contributed by atoms with Crippen LogP contribution in [-0.4, -0.2) is 22.3 Å². The van der Waals surface area contributed by atoms with E-state index >= 15 is 0 Å². The summed E-state index contributed by atoms with van der Waals surface area (Å²) in [5.41, 5.74) is 0.572. The minimum absolute atomic E-state index is 0.411. The number of carboxylic acid groups (broad SMARTS) is 1. The number of carboxylic acids is 1. The van der Waals surface area contributed by atoms with Crippen LogP contribution in [0.3, 0.4) is 0 Å². The molecule has 0 aliphatic heterocycles. The molecule has 1 aromatic heterocycles. The summed E-state index contributed by atoms with van der Waals surface area (Å²) in [4.78, 5) is 11.1. The second-order valence-corrected chi connectivity index (χ2v) is 4.43. The van der Waals surface area contributed by atoms with Gasteiger partial charge in [0.05, 0.1) is 5.39 Å². The minimum atomic E-state index is -0.907. The van der Waals surface area contributed by atoms with E-state index in [-0.39, 0.29) is 0 Å². The monoisotopic (exact) mass is 268 g/mol. The Labute approximate surface area is 109 Å². The molecular formula is C12H13ClN2O3. The van der Waals surface area contributed by atoms with Gasteiger partial charge in [-0.15, -0.1) is 0 Å². The van der Waals surface area contributed by atoms with Crippen LogP contribution in [0.5, 0.6) is 0 Å². The van der Waals surface area contributed by atoms with Crippen molar-refractivity contribution in [2.75, 3.05) is 5.32 Å². The number of aromatic nitrogens is 1. The fourth-order valence-corrected chi connectivity index (χ4v) is 1.90. The molecule has 0 aliphatic carbocycles. The lowest BCUT2D eigenvalue weighted by Crippen LogP contribution is -2.29. The fraction of sp³-hybridized carbons (Fsp3) is 0.333. The Bertz CT molecular complexity index is 567. The van der Waals surface area contributed by atoms with Gasteiger partial charge in [-0.1, -0.05) is 30.1 Å². The summed E-state index contributed by atoms with van der Waals surface area (Å²) >= 11 is 5.89. The molecule has 1 heterocycles. The van der Waals surface area contributed by atoms with E-state index in [1.54, 1.807) is 18.2 Å². The van der Waals surface area contributed by atoms with Crippen LogP contribution in [0.4, 0.5) is 5.82 Å². The first-order valence-corrected chi connectivity index (χ1v) is 6.04. The normalized spacial score (nSPS) is 12.6. The first-order chi connectivity index (χ1) is 8.61. The Hall–Kier alpha value is -1.75. The molecule has 2 rings (SSSR count). The molecule has 96 valence electrons. The van der Waals surface area contributed by atoms with Crippen molar-refractivity contribution in [1.82, 2.24) is 5.16 Å². The van der Waals surface area contributed by atoms with Gasteiger partial charge in [-0.05, 0) is 24.6 Å². The molecular weight excluding hydrogens is 256 g/mol. The van der Waals surface area contributed by atoms with E-state index in [2.05, 4.69) is 10.5 Å². The molecule has 5 nitrogen and oxygen atoms in total. The maximum absolute atomic E-state index is 11.1. The van der Waals surface area contributed by atoms with Crippen LogP contribution < -0.4 is 5.32 Å². The Morgan fingerprint density at radius 3 is 3.06 bits per heavy atom. The zero-order valence-electron chi connectivity index (χ0n) is 9.81. The highest BCUT2D eigenvalue weighted by Gasteiger charge is 2.19. The van der Waals surface area contributed by atoms with Crippen molar-refractivity contribution in [1.29, 1.82) is 0 Å². The van der Waals surface area contributed by atoms with Gasteiger partial charge in [0.2, 0.25) is 0 Å². The van der Waals surface area contributed by atoms with E-state index < -0.39 is 12.0 Å². The summed E-state index contributed by atoms with van der Waals surface area (Å²) in [5, 5.41) is 17.0. The van der Waals surface area contributed by atoms with Gasteiger partial charge in [0.1, 0.15) is 6.04 Å². The van der Waals surface area contributed by atoms with Crippen LogP contribution in [-0.2, 0) is 4.79 Å². The molecule has 0 spiro atoms. The largest absolute Gasteiger partial charge is 0.480 e. The first-order valence-electron chi connectivity index (χ1n) is 5.66. The van der Waals surface area contributed by atoms with Crippen molar-refractivity contribution < 1.29 is 14.4 Å². The minimum Gasteiger partial charge on any atom is -0.480 e. The van der Waals surface area contributed by atoms with Crippen LogP contribution in [0.25, 0.3) is 11.0 Å². The van der Waals surface area contributed by atoms with E-state index in [1.165, 1.54) is 0 Å². The number of nitrogens with one attached hydrogen (secondary N) is 1. The highest BCUT2D eigenvalue weighted by Crippen LogP contribution is 2.26. The predicted molar refractivity (Wildman–Crippen MR) is 69.0 cm³/mol. The van der Waals surface area contributed by atoms with E-state index in [9.17, 15) is 4.79 Å². The average Bonchev–Trinajstić information content (AvgIpc) is 2.71. The topological polar surface area (TPSA) is 75.4 Å². The average molecular weight is 269 g/mol. The number of hydrogen-bond donors (Lipinski definition) is 2. The summed E-state index contributed by atoms with van der Waals surface area (Å²) in [6.07, 6.45) is 1.28. The van der Waals surface area contributed by atoms with Crippen molar-refractivity contribution in [3.8, 4) is 0 Å². The lowest BCUT2D eigenvalue weighted by atomic mass is 10.1. The number of carbonyl (C=O) groups is 1. The maximum atomic E-state index is 11.1. The number of fused-ring (bicyclic) bond motifs is 1. The maximum Gasteiger partial charge on any atom is 0.326 e. The van der Waals surface area contributed by atoms with Gasteiger partial charge in [0, 0.05) is 5.02 Å². The summed E-state index contributed by atoms with van der Waals surface area (Å²) in [7, 11) is 0. The van der Waals surface area contributed by atoms with E-state index in [1.807, 2.05) is 6.92 Å². The zero-order chi connectivity index (χ0) is 13.1. The van der Waals surface area contributed by atoms with Crippen molar-refractivity contribution in [2.45, 2.75) is 25.8 Å². The molecule has 0 radical (unpaired) electrons. The third kappa shape index (κ3) is 2.56. The second kappa shape index (κ2) is 5.27. The molecule has 2 aromatic rings. The third-order valence-corrected chi connectivity index (χ3v) is 2.85. The first kappa shape index (κ1) is 12.7. The van der Waals surface area contributed by atoms with Crippen LogP contribution in [0, 0.1) is 0 Å². The van der Waals surface area contributed by atoms with Gasteiger partial charge in [0.25, 0.3) is 0 Å².